The third-order valence-electron chi connectivity index (χ3n) is 4.92. The normalized spacial score (nSPS) is 13.3. The van der Waals surface area contributed by atoms with Crippen LogP contribution in [0.3, 0.4) is 0 Å². The van der Waals surface area contributed by atoms with Gasteiger partial charge in [0, 0.05) is 13.1 Å². The minimum absolute atomic E-state index is 0.0562. The van der Waals surface area contributed by atoms with E-state index in [0.717, 1.165) is 23.6 Å². The van der Waals surface area contributed by atoms with Crippen molar-refractivity contribution in [3.63, 3.8) is 0 Å². The van der Waals surface area contributed by atoms with E-state index >= 15 is 0 Å². The molecule has 166 valence electrons. The quantitative estimate of drug-likeness (QED) is 0.650. The van der Waals surface area contributed by atoms with Gasteiger partial charge >= 0.3 is 0 Å². The van der Waals surface area contributed by atoms with Crippen molar-refractivity contribution in [3.05, 3.63) is 52.8 Å². The van der Waals surface area contributed by atoms with Gasteiger partial charge in [-0.3, -0.25) is 14.5 Å². The predicted octanol–water partition coefficient (Wildman–Crippen LogP) is 2.23. The monoisotopic (exact) mass is 437 g/mol. The van der Waals surface area contributed by atoms with Gasteiger partial charge in [-0.2, -0.15) is 0 Å². The van der Waals surface area contributed by atoms with Crippen LogP contribution in [0.5, 0.6) is 11.5 Å². The number of carbonyl (C=O) groups is 2. The SMILES string of the molecule is COc1cc2c(cc1OC)CN(CC(=O)NCC(=O)Nc1ccc(F)c(F)c1F)CC2. The third kappa shape index (κ3) is 5.26. The molecule has 2 amide bonds. The molecule has 0 aromatic heterocycles. The van der Waals surface area contributed by atoms with E-state index in [9.17, 15) is 22.8 Å². The van der Waals surface area contributed by atoms with E-state index in [2.05, 4.69) is 10.6 Å². The van der Waals surface area contributed by atoms with E-state index in [0.29, 0.717) is 30.7 Å². The predicted molar refractivity (Wildman–Crippen MR) is 106 cm³/mol. The van der Waals surface area contributed by atoms with Gasteiger partial charge in [-0.1, -0.05) is 0 Å². The zero-order chi connectivity index (χ0) is 22.5. The fourth-order valence-electron chi connectivity index (χ4n) is 3.33. The lowest BCUT2D eigenvalue weighted by Gasteiger charge is -2.29. The van der Waals surface area contributed by atoms with Gasteiger partial charge in [0.25, 0.3) is 0 Å². The molecule has 0 bridgehead atoms. The maximum absolute atomic E-state index is 13.6. The fourth-order valence-corrected chi connectivity index (χ4v) is 3.33. The van der Waals surface area contributed by atoms with Crippen molar-refractivity contribution in [1.29, 1.82) is 0 Å². The lowest BCUT2D eigenvalue weighted by atomic mass is 9.99. The van der Waals surface area contributed by atoms with Crippen LogP contribution in [0.4, 0.5) is 18.9 Å². The highest BCUT2D eigenvalue weighted by Gasteiger charge is 2.21. The van der Waals surface area contributed by atoms with Crippen LogP contribution in [0.25, 0.3) is 0 Å². The maximum Gasteiger partial charge on any atom is 0.243 e. The molecule has 0 radical (unpaired) electrons. The Bertz CT molecular complexity index is 1000. The summed E-state index contributed by atoms with van der Waals surface area (Å²) in [6, 6.07) is 5.41. The second-order valence-electron chi connectivity index (χ2n) is 6.98. The summed E-state index contributed by atoms with van der Waals surface area (Å²) in [6.45, 7) is 0.783. The van der Waals surface area contributed by atoms with Crippen molar-refractivity contribution >= 4 is 17.5 Å². The Hall–Kier alpha value is -3.27. The number of benzene rings is 2. The fraction of sp³-hybridized carbons (Fsp3) is 0.333. The molecule has 7 nitrogen and oxygen atoms in total. The number of methoxy groups -OCH3 is 2. The van der Waals surface area contributed by atoms with Gasteiger partial charge in [0.15, 0.2) is 29.0 Å². The molecule has 0 unspecified atom stereocenters. The zero-order valence-electron chi connectivity index (χ0n) is 17.1. The van der Waals surface area contributed by atoms with Gasteiger partial charge in [0.05, 0.1) is 33.0 Å². The molecular formula is C21H22F3N3O4. The standard InChI is InChI=1S/C21H22F3N3O4/c1-30-16-7-12-5-6-27(10-13(12)8-17(16)31-2)11-19(29)25-9-18(28)26-15-4-3-14(22)20(23)21(15)24/h3-4,7-8H,5-6,9-11H2,1-2H3,(H,25,29)(H,26,28). The van der Waals surface area contributed by atoms with Gasteiger partial charge < -0.3 is 20.1 Å². The second kappa shape index (κ2) is 9.69. The molecule has 3 rings (SSSR count). The molecule has 10 heteroatoms. The number of nitrogens with one attached hydrogen (secondary N) is 2. The number of hydrogen-bond donors (Lipinski definition) is 2. The van der Waals surface area contributed by atoms with E-state index < -0.39 is 41.5 Å². The molecule has 2 aromatic carbocycles. The number of rotatable bonds is 7. The van der Waals surface area contributed by atoms with Gasteiger partial charge in [0.1, 0.15) is 0 Å². The molecular weight excluding hydrogens is 415 g/mol. The molecule has 0 atom stereocenters. The van der Waals surface area contributed by atoms with Gasteiger partial charge in [-0.25, -0.2) is 13.2 Å². The molecule has 1 heterocycles. The van der Waals surface area contributed by atoms with Crippen molar-refractivity contribution in [2.45, 2.75) is 13.0 Å². The number of ether oxygens (including phenoxy) is 2. The van der Waals surface area contributed by atoms with Crippen molar-refractivity contribution < 1.29 is 32.2 Å². The molecule has 0 fully saturated rings. The summed E-state index contributed by atoms with van der Waals surface area (Å²) in [7, 11) is 3.12. The minimum Gasteiger partial charge on any atom is -0.493 e. The number of fused-ring (bicyclic) bond motifs is 1. The zero-order valence-corrected chi connectivity index (χ0v) is 17.1. The third-order valence-corrected chi connectivity index (χ3v) is 4.92. The maximum atomic E-state index is 13.6. The summed E-state index contributed by atoms with van der Waals surface area (Å²) in [5, 5.41) is 4.53. The Morgan fingerprint density at radius 1 is 1.00 bits per heavy atom. The van der Waals surface area contributed by atoms with Crippen LogP contribution >= 0.6 is 0 Å². The highest BCUT2D eigenvalue weighted by atomic mass is 19.2. The number of hydrogen-bond acceptors (Lipinski definition) is 5. The molecule has 0 spiro atoms. The molecule has 2 aromatic rings. The topological polar surface area (TPSA) is 79.9 Å². The number of carbonyl (C=O) groups excluding carboxylic acids is 2. The van der Waals surface area contributed by atoms with Crippen LogP contribution in [0.15, 0.2) is 24.3 Å². The minimum atomic E-state index is -1.68. The van der Waals surface area contributed by atoms with Crippen LogP contribution < -0.4 is 20.1 Å². The summed E-state index contributed by atoms with van der Waals surface area (Å²) in [5.41, 5.74) is 1.63. The van der Waals surface area contributed by atoms with Crippen LogP contribution in [-0.4, -0.2) is 50.6 Å². The number of anilines is 1. The smallest absolute Gasteiger partial charge is 0.243 e. The first kappa shape index (κ1) is 22.4. The second-order valence-corrected chi connectivity index (χ2v) is 6.98. The lowest BCUT2D eigenvalue weighted by molar-refractivity contribution is -0.125. The van der Waals surface area contributed by atoms with E-state index in [1.54, 1.807) is 14.2 Å². The molecule has 1 aliphatic rings. The Kier molecular flexibility index (Phi) is 7.01. The summed E-state index contributed by atoms with van der Waals surface area (Å²) < 4.78 is 50.4. The summed E-state index contributed by atoms with van der Waals surface area (Å²) in [6.07, 6.45) is 0.721. The number of amides is 2. The first-order valence-electron chi connectivity index (χ1n) is 9.48. The van der Waals surface area contributed by atoms with Crippen LogP contribution in [-0.2, 0) is 22.6 Å². The Labute approximate surface area is 177 Å². The molecule has 0 saturated heterocycles. The van der Waals surface area contributed by atoms with E-state index in [1.807, 2.05) is 17.0 Å². The highest BCUT2D eigenvalue weighted by molar-refractivity contribution is 5.94. The van der Waals surface area contributed by atoms with Crippen molar-refractivity contribution in [3.8, 4) is 11.5 Å². The molecule has 0 aliphatic carbocycles. The molecule has 0 saturated carbocycles. The van der Waals surface area contributed by atoms with E-state index in [4.69, 9.17) is 9.47 Å². The van der Waals surface area contributed by atoms with E-state index in [-0.39, 0.29) is 6.54 Å². The van der Waals surface area contributed by atoms with Crippen LogP contribution in [0, 0.1) is 17.5 Å². The lowest BCUT2D eigenvalue weighted by Crippen LogP contribution is -2.42. The Morgan fingerprint density at radius 3 is 2.35 bits per heavy atom. The van der Waals surface area contributed by atoms with Crippen molar-refractivity contribution in [2.24, 2.45) is 0 Å². The summed E-state index contributed by atoms with van der Waals surface area (Å²) in [5.74, 6) is -4.45. The summed E-state index contributed by atoms with van der Waals surface area (Å²) in [4.78, 5) is 26.0. The van der Waals surface area contributed by atoms with Gasteiger partial charge in [0.2, 0.25) is 11.8 Å². The molecule has 1 aliphatic heterocycles. The van der Waals surface area contributed by atoms with Gasteiger partial charge in [-0.15, -0.1) is 0 Å². The summed E-state index contributed by atoms with van der Waals surface area (Å²) >= 11 is 0. The average Bonchev–Trinajstić information content (AvgIpc) is 2.77. The van der Waals surface area contributed by atoms with Crippen LogP contribution in [0.1, 0.15) is 11.1 Å². The van der Waals surface area contributed by atoms with Gasteiger partial charge in [-0.05, 0) is 41.8 Å². The average molecular weight is 437 g/mol. The van der Waals surface area contributed by atoms with E-state index in [1.165, 1.54) is 0 Å². The first-order chi connectivity index (χ1) is 14.8. The molecule has 31 heavy (non-hydrogen) atoms. The van der Waals surface area contributed by atoms with Crippen LogP contribution in [0.2, 0.25) is 0 Å². The van der Waals surface area contributed by atoms with Crippen molar-refractivity contribution in [1.82, 2.24) is 10.2 Å². The van der Waals surface area contributed by atoms with Crippen molar-refractivity contribution in [2.75, 3.05) is 39.2 Å². The Balaban J connectivity index is 1.51. The molecule has 2 N–H and O–H groups in total. The first-order valence-corrected chi connectivity index (χ1v) is 9.48. The number of halogens is 3. The largest absolute Gasteiger partial charge is 0.493 e. The Morgan fingerprint density at radius 2 is 1.68 bits per heavy atom. The number of nitrogens with zero attached hydrogens (tertiary/aromatic N) is 1. The highest BCUT2D eigenvalue weighted by Crippen LogP contribution is 2.33.